The Kier molecular flexibility index (Phi) is 6.18. The zero-order valence-corrected chi connectivity index (χ0v) is 17.7. The van der Waals surface area contributed by atoms with Crippen molar-refractivity contribution in [3.8, 4) is 11.1 Å². The second-order valence-electron chi connectivity index (χ2n) is 8.70. The Morgan fingerprint density at radius 1 is 1.00 bits per heavy atom. The Morgan fingerprint density at radius 3 is 2.21 bits per heavy atom. The highest BCUT2D eigenvalue weighted by Gasteiger charge is 2.19. The predicted molar refractivity (Wildman–Crippen MR) is 121 cm³/mol. The van der Waals surface area contributed by atoms with Crippen LogP contribution >= 0.6 is 0 Å². The lowest BCUT2D eigenvalue weighted by molar-refractivity contribution is 0.510. The fraction of sp³-hybridized carbons (Fsp3) is 0.346. The van der Waals surface area contributed by atoms with E-state index in [9.17, 15) is 0 Å². The average Bonchev–Trinajstić information content (AvgIpc) is 2.72. The molecule has 2 unspecified atom stereocenters. The molecule has 0 heterocycles. The van der Waals surface area contributed by atoms with Gasteiger partial charge in [0.15, 0.2) is 0 Å². The number of benzene rings is 2. The summed E-state index contributed by atoms with van der Waals surface area (Å²) in [5, 5.41) is 4.68. The minimum atomic E-state index is 0.174. The first-order chi connectivity index (χ1) is 13.3. The van der Waals surface area contributed by atoms with Crippen molar-refractivity contribution in [3.63, 3.8) is 0 Å². The van der Waals surface area contributed by atoms with E-state index in [1.165, 1.54) is 22.3 Å². The molecule has 2 atom stereocenters. The van der Waals surface area contributed by atoms with Crippen LogP contribution in [-0.2, 0) is 0 Å². The largest absolute Gasteiger partial charge is 0.303 e. The van der Waals surface area contributed by atoms with Gasteiger partial charge in [-0.3, -0.25) is 0 Å². The van der Waals surface area contributed by atoms with Gasteiger partial charge in [-0.1, -0.05) is 93.6 Å². The van der Waals surface area contributed by atoms with E-state index in [1.807, 2.05) is 6.07 Å². The molecule has 0 saturated carbocycles. The monoisotopic (exact) mass is 372 g/mol. The van der Waals surface area contributed by atoms with Crippen LogP contribution in [0.25, 0.3) is 11.1 Å². The van der Waals surface area contributed by atoms with Crippen LogP contribution in [0.15, 0.2) is 83.5 Å². The summed E-state index contributed by atoms with van der Waals surface area (Å²) < 4.78 is 0. The average molecular weight is 373 g/mol. The Balaban J connectivity index is 1.60. The van der Waals surface area contributed by atoms with Crippen LogP contribution in [0.3, 0.4) is 0 Å². The van der Waals surface area contributed by atoms with E-state index in [-0.39, 0.29) is 11.5 Å². The van der Waals surface area contributed by atoms with Gasteiger partial charge in [0.25, 0.3) is 0 Å². The third-order valence-electron chi connectivity index (χ3n) is 5.45. The molecule has 0 fully saturated rings. The van der Waals surface area contributed by atoms with Gasteiger partial charge in [-0.15, -0.1) is 0 Å². The first-order valence-corrected chi connectivity index (χ1v) is 10.2. The topological polar surface area (TPSA) is 24.4 Å². The number of nitrogens with zero attached hydrogens (tertiary/aromatic N) is 1. The lowest BCUT2D eigenvalue weighted by atomic mass is 9.81. The Bertz CT molecular complexity index is 865. The van der Waals surface area contributed by atoms with Gasteiger partial charge in [-0.25, -0.2) is 0 Å². The van der Waals surface area contributed by atoms with Crippen molar-refractivity contribution < 1.29 is 0 Å². The Morgan fingerprint density at radius 2 is 1.64 bits per heavy atom. The summed E-state index contributed by atoms with van der Waals surface area (Å²) in [6.07, 6.45) is 7.94. The maximum atomic E-state index is 4.68. The maximum Gasteiger partial charge on any atom is 0.0661 e. The highest BCUT2D eigenvalue weighted by atomic mass is 15.3. The van der Waals surface area contributed by atoms with Gasteiger partial charge in [0.05, 0.1) is 6.04 Å². The summed E-state index contributed by atoms with van der Waals surface area (Å²) >= 11 is 0. The molecule has 2 aromatic rings. The van der Waals surface area contributed by atoms with Crippen molar-refractivity contribution in [1.29, 1.82) is 0 Å². The predicted octanol–water partition coefficient (Wildman–Crippen LogP) is 6.93. The van der Waals surface area contributed by atoms with Crippen LogP contribution in [0.5, 0.6) is 0 Å². The van der Waals surface area contributed by atoms with Crippen molar-refractivity contribution in [2.45, 2.75) is 47.1 Å². The molecule has 1 N–H and O–H groups in total. The maximum absolute atomic E-state index is 4.68. The molecular weight excluding hydrogens is 340 g/mol. The third kappa shape index (κ3) is 5.01. The Hall–Kier alpha value is -2.61. The summed E-state index contributed by atoms with van der Waals surface area (Å²) in [7, 11) is 0. The first-order valence-electron chi connectivity index (χ1n) is 10.2. The normalized spacial score (nSPS) is 18.5. The zero-order valence-electron chi connectivity index (χ0n) is 17.7. The van der Waals surface area contributed by atoms with E-state index in [4.69, 9.17) is 0 Å². The molecule has 1 aliphatic carbocycles. The number of rotatable bonds is 5. The molecule has 0 aliphatic heterocycles. The molecule has 0 bridgehead atoms. The molecule has 0 spiro atoms. The standard InChI is InChI=1S/C26H32N2/c1-19(21-11-13-24(14-12-21)23-9-7-6-8-10-23)27-28-20(2)22-15-17-25(18-16-22)26(3,4)5/h6-15,17-19,22,27H,16H2,1-5H3/b28-20+. The molecule has 0 saturated heterocycles. The van der Waals surface area contributed by atoms with Crippen LogP contribution in [0.1, 0.15) is 52.6 Å². The summed E-state index contributed by atoms with van der Waals surface area (Å²) in [6, 6.07) is 19.4. The van der Waals surface area contributed by atoms with Gasteiger partial charge in [-0.2, -0.15) is 5.10 Å². The van der Waals surface area contributed by atoms with Crippen LogP contribution in [0.4, 0.5) is 0 Å². The van der Waals surface area contributed by atoms with Crippen LogP contribution < -0.4 is 5.43 Å². The summed E-state index contributed by atoms with van der Waals surface area (Å²) in [6.45, 7) is 11.1. The molecular formula is C26H32N2. The van der Waals surface area contributed by atoms with Gasteiger partial charge in [0.1, 0.15) is 0 Å². The van der Waals surface area contributed by atoms with Crippen LogP contribution in [0.2, 0.25) is 0 Å². The van der Waals surface area contributed by atoms with E-state index in [0.717, 1.165) is 12.1 Å². The molecule has 0 aromatic heterocycles. The SMILES string of the molecule is C/C(=N\NC(C)c1ccc(-c2ccccc2)cc1)C1C=CC(C(C)(C)C)=CC1. The highest BCUT2D eigenvalue weighted by molar-refractivity contribution is 5.86. The van der Waals surface area contributed by atoms with Gasteiger partial charge in [-0.05, 0) is 47.9 Å². The van der Waals surface area contributed by atoms with Crippen molar-refractivity contribution in [2.75, 3.05) is 0 Å². The number of hydrogen-bond donors (Lipinski definition) is 1. The number of hydrogen-bond acceptors (Lipinski definition) is 2. The quantitative estimate of drug-likeness (QED) is 0.446. The lowest BCUT2D eigenvalue weighted by Crippen LogP contribution is -2.19. The van der Waals surface area contributed by atoms with Gasteiger partial charge >= 0.3 is 0 Å². The molecule has 0 amide bonds. The second-order valence-corrected chi connectivity index (χ2v) is 8.70. The third-order valence-corrected chi connectivity index (χ3v) is 5.45. The highest BCUT2D eigenvalue weighted by Crippen LogP contribution is 2.31. The van der Waals surface area contributed by atoms with Crippen LogP contribution in [-0.4, -0.2) is 5.71 Å². The second kappa shape index (κ2) is 8.60. The lowest BCUT2D eigenvalue weighted by Gasteiger charge is -2.25. The number of allylic oxidation sites excluding steroid dienone is 4. The molecule has 2 heteroatoms. The molecule has 2 nitrogen and oxygen atoms in total. The first kappa shape index (κ1) is 20.1. The van der Waals surface area contributed by atoms with E-state index in [1.54, 1.807) is 0 Å². The minimum Gasteiger partial charge on any atom is -0.303 e. The molecule has 146 valence electrons. The smallest absolute Gasteiger partial charge is 0.0661 e. The van der Waals surface area contributed by atoms with Crippen molar-refractivity contribution in [2.24, 2.45) is 16.4 Å². The van der Waals surface area contributed by atoms with E-state index < -0.39 is 0 Å². The number of hydrazone groups is 1. The molecule has 3 rings (SSSR count). The Labute approximate surface area is 170 Å². The molecule has 2 aromatic carbocycles. The summed E-state index contributed by atoms with van der Waals surface area (Å²) in [4.78, 5) is 0. The van der Waals surface area contributed by atoms with E-state index >= 15 is 0 Å². The summed E-state index contributed by atoms with van der Waals surface area (Å²) in [5.74, 6) is 0.381. The van der Waals surface area contributed by atoms with Crippen LogP contribution in [0, 0.1) is 11.3 Å². The number of nitrogens with one attached hydrogen (secondary N) is 1. The van der Waals surface area contributed by atoms with Crippen molar-refractivity contribution in [1.82, 2.24) is 5.43 Å². The van der Waals surface area contributed by atoms with E-state index in [0.29, 0.717) is 5.92 Å². The van der Waals surface area contributed by atoms with Gasteiger partial charge < -0.3 is 5.43 Å². The summed E-state index contributed by atoms with van der Waals surface area (Å²) in [5.41, 5.74) is 9.82. The zero-order chi connectivity index (χ0) is 20.1. The molecule has 28 heavy (non-hydrogen) atoms. The van der Waals surface area contributed by atoms with Crippen molar-refractivity contribution in [3.05, 3.63) is 84.0 Å². The van der Waals surface area contributed by atoms with Crippen molar-refractivity contribution >= 4 is 5.71 Å². The van der Waals surface area contributed by atoms with Gasteiger partial charge in [0.2, 0.25) is 0 Å². The fourth-order valence-electron chi connectivity index (χ4n) is 3.44. The fourth-order valence-corrected chi connectivity index (χ4v) is 3.44. The molecule has 1 aliphatic rings. The van der Waals surface area contributed by atoms with E-state index in [2.05, 4.69) is 112 Å². The molecule has 0 radical (unpaired) electrons. The minimum absolute atomic E-state index is 0.174. The van der Waals surface area contributed by atoms with Gasteiger partial charge in [0, 0.05) is 11.6 Å².